The zero-order chi connectivity index (χ0) is 28.0. The second-order valence-corrected chi connectivity index (χ2v) is 10.2. The van der Waals surface area contributed by atoms with Gasteiger partial charge in [-0.2, -0.15) is 0 Å². The second-order valence-electron chi connectivity index (χ2n) is 10.2. The van der Waals surface area contributed by atoms with Crippen molar-refractivity contribution < 1.29 is 19.3 Å². The quantitative estimate of drug-likeness (QED) is 0.190. The maximum absolute atomic E-state index is 11.0. The third kappa shape index (κ3) is 9.27. The number of aliphatic hydroxyl groups excluding tert-OH is 1. The molecule has 3 aromatic carbocycles. The molecule has 3 aromatic rings. The zero-order valence-electron chi connectivity index (χ0n) is 23.7. The number of hydrogen-bond donors (Lipinski definition) is 3. The minimum Gasteiger partial charge on any atom is -0.493 e. The van der Waals surface area contributed by atoms with Crippen LogP contribution in [0.2, 0.25) is 0 Å². The number of rotatable bonds is 17. The van der Waals surface area contributed by atoms with Gasteiger partial charge in [0.25, 0.3) is 0 Å². The summed E-state index contributed by atoms with van der Waals surface area (Å²) in [5.41, 5.74) is 14.8. The number of nitrogens with two attached hydrogens (primary N) is 2. The van der Waals surface area contributed by atoms with Crippen LogP contribution in [0, 0.1) is 11.8 Å². The van der Waals surface area contributed by atoms with Crippen LogP contribution in [0.25, 0.3) is 0 Å². The fourth-order valence-electron chi connectivity index (χ4n) is 4.52. The lowest BCUT2D eigenvalue weighted by Crippen LogP contribution is -2.24. The number of hydrogen-bond acceptors (Lipinski definition) is 6. The van der Waals surface area contributed by atoms with E-state index in [1.807, 2.05) is 60.7 Å². The molecule has 0 heterocycles. The number of aliphatic hydroxyl groups is 1. The first-order valence-corrected chi connectivity index (χ1v) is 14.3. The predicted molar refractivity (Wildman–Crippen MR) is 158 cm³/mol. The Hall–Kier alpha value is -3.06. The molecular formula is C33H46N2O4. The van der Waals surface area contributed by atoms with E-state index in [1.165, 1.54) is 5.56 Å². The van der Waals surface area contributed by atoms with Gasteiger partial charge in [0.1, 0.15) is 23.4 Å². The molecule has 0 amide bonds. The zero-order valence-corrected chi connectivity index (χ0v) is 23.7. The smallest absolute Gasteiger partial charge is 0.128 e. The normalized spacial score (nSPS) is 13.6. The predicted octanol–water partition coefficient (Wildman–Crippen LogP) is 6.22. The van der Waals surface area contributed by atoms with Crippen LogP contribution in [0.5, 0.6) is 17.2 Å². The van der Waals surface area contributed by atoms with Crippen LogP contribution in [0.15, 0.2) is 72.8 Å². The fourth-order valence-corrected chi connectivity index (χ4v) is 4.52. The molecule has 3 rings (SSSR count). The molecule has 0 fully saturated rings. The Morgan fingerprint density at radius 1 is 0.846 bits per heavy atom. The van der Waals surface area contributed by atoms with Crippen molar-refractivity contribution in [2.45, 2.75) is 58.7 Å². The average molecular weight is 535 g/mol. The van der Waals surface area contributed by atoms with Gasteiger partial charge in [0.05, 0.1) is 19.3 Å². The molecule has 212 valence electrons. The largest absolute Gasteiger partial charge is 0.493 e. The van der Waals surface area contributed by atoms with Crippen molar-refractivity contribution in [1.29, 1.82) is 0 Å². The van der Waals surface area contributed by atoms with Gasteiger partial charge in [0.2, 0.25) is 0 Å². The molecule has 1 unspecified atom stereocenters. The van der Waals surface area contributed by atoms with Crippen molar-refractivity contribution in [2.75, 3.05) is 26.3 Å². The highest BCUT2D eigenvalue weighted by Crippen LogP contribution is 2.37. The van der Waals surface area contributed by atoms with Crippen molar-refractivity contribution in [1.82, 2.24) is 0 Å². The summed E-state index contributed by atoms with van der Waals surface area (Å²) < 4.78 is 18.8. The molecule has 0 aliphatic rings. The summed E-state index contributed by atoms with van der Waals surface area (Å²) in [6.45, 7) is 8.49. The molecule has 0 aliphatic carbocycles. The van der Waals surface area contributed by atoms with Crippen LogP contribution >= 0.6 is 0 Å². The highest BCUT2D eigenvalue weighted by Gasteiger charge is 2.24. The van der Waals surface area contributed by atoms with Gasteiger partial charge >= 0.3 is 0 Å². The minimum atomic E-state index is -0.772. The van der Waals surface area contributed by atoms with E-state index in [0.29, 0.717) is 55.7 Å². The monoisotopic (exact) mass is 534 g/mol. The maximum atomic E-state index is 11.0. The summed E-state index contributed by atoms with van der Waals surface area (Å²) in [6.07, 6.45) is 2.30. The molecule has 3 atom stereocenters. The summed E-state index contributed by atoms with van der Waals surface area (Å²) in [5, 5.41) is 11.0. The lowest BCUT2D eigenvalue weighted by atomic mass is 9.96. The van der Waals surface area contributed by atoms with Gasteiger partial charge in [-0.3, -0.25) is 0 Å². The topological polar surface area (TPSA) is 100.0 Å². The maximum Gasteiger partial charge on any atom is 0.128 e. The summed E-state index contributed by atoms with van der Waals surface area (Å²) in [4.78, 5) is 0. The molecule has 0 spiro atoms. The van der Waals surface area contributed by atoms with Crippen LogP contribution in [0.1, 0.15) is 68.9 Å². The average Bonchev–Trinajstić information content (AvgIpc) is 2.97. The van der Waals surface area contributed by atoms with Crippen LogP contribution in [0.4, 0.5) is 0 Å². The van der Waals surface area contributed by atoms with E-state index in [4.69, 9.17) is 25.7 Å². The van der Waals surface area contributed by atoms with Crippen LogP contribution in [0.3, 0.4) is 0 Å². The Balaban J connectivity index is 1.81. The first-order valence-electron chi connectivity index (χ1n) is 14.3. The van der Waals surface area contributed by atoms with Crippen molar-refractivity contribution in [2.24, 2.45) is 23.3 Å². The van der Waals surface area contributed by atoms with Crippen LogP contribution < -0.4 is 25.7 Å². The minimum absolute atomic E-state index is 0.0283. The molecule has 5 N–H and O–H groups in total. The SMILES string of the molecule is CCC(CC)COc1cccc([C@H](Oc2ccc(OCCc3ccccc3)cc2C(O)CCN)[C@H](C)CN)c1. The van der Waals surface area contributed by atoms with Gasteiger partial charge < -0.3 is 30.8 Å². The number of benzene rings is 3. The molecule has 0 saturated heterocycles. The van der Waals surface area contributed by atoms with E-state index in [9.17, 15) is 5.11 Å². The standard InChI is InChI=1S/C33H46N2O4/c1-4-25(5-2)23-38-28-13-9-12-27(20-28)33(24(3)22-35)39-32-15-14-29(21-30(32)31(36)16-18-34)37-19-17-26-10-7-6-8-11-26/h6-15,20-21,24-25,31,33,36H,4-5,16-19,22-23,34-35H2,1-3H3/t24-,31?,33-/m1/s1. The highest BCUT2D eigenvalue weighted by molar-refractivity contribution is 5.43. The summed E-state index contributed by atoms with van der Waals surface area (Å²) in [6, 6.07) is 23.9. The van der Waals surface area contributed by atoms with E-state index in [-0.39, 0.29) is 12.0 Å². The Morgan fingerprint density at radius 2 is 1.59 bits per heavy atom. The van der Waals surface area contributed by atoms with Gasteiger partial charge in [-0.15, -0.1) is 0 Å². The van der Waals surface area contributed by atoms with Gasteiger partial charge in [-0.25, -0.2) is 0 Å². The lowest BCUT2D eigenvalue weighted by Gasteiger charge is -2.27. The third-order valence-electron chi connectivity index (χ3n) is 7.25. The molecule has 6 heteroatoms. The number of ether oxygens (including phenoxy) is 3. The Kier molecular flexibility index (Phi) is 12.6. The fraction of sp³-hybridized carbons (Fsp3) is 0.455. The van der Waals surface area contributed by atoms with Crippen molar-refractivity contribution in [3.05, 3.63) is 89.5 Å². The molecule has 0 aliphatic heterocycles. The molecule has 0 aromatic heterocycles. The molecule has 6 nitrogen and oxygen atoms in total. The highest BCUT2D eigenvalue weighted by atomic mass is 16.5. The van der Waals surface area contributed by atoms with E-state index in [2.05, 4.69) is 32.9 Å². The molecule has 0 bridgehead atoms. The Morgan fingerprint density at radius 3 is 2.28 bits per heavy atom. The first kappa shape index (κ1) is 30.5. The van der Waals surface area contributed by atoms with Gasteiger partial charge in [-0.1, -0.05) is 76.1 Å². The lowest BCUT2D eigenvalue weighted by molar-refractivity contribution is 0.128. The molecular weight excluding hydrogens is 488 g/mol. The molecule has 0 radical (unpaired) electrons. The van der Waals surface area contributed by atoms with Gasteiger partial charge in [0.15, 0.2) is 0 Å². The molecule has 39 heavy (non-hydrogen) atoms. The first-order chi connectivity index (χ1) is 19.0. The van der Waals surface area contributed by atoms with Gasteiger partial charge in [0, 0.05) is 17.9 Å². The second kappa shape index (κ2) is 16.1. The Bertz CT molecular complexity index is 1100. The van der Waals surface area contributed by atoms with E-state index in [1.54, 1.807) is 0 Å². The van der Waals surface area contributed by atoms with Crippen LogP contribution in [-0.2, 0) is 6.42 Å². The Labute approximate surface area is 234 Å². The van der Waals surface area contributed by atoms with Crippen molar-refractivity contribution in [3.63, 3.8) is 0 Å². The van der Waals surface area contributed by atoms with E-state index >= 15 is 0 Å². The van der Waals surface area contributed by atoms with E-state index < -0.39 is 6.10 Å². The summed E-state index contributed by atoms with van der Waals surface area (Å²) >= 11 is 0. The summed E-state index contributed by atoms with van der Waals surface area (Å²) in [5.74, 6) is 2.66. The third-order valence-corrected chi connectivity index (χ3v) is 7.25. The molecule has 0 saturated carbocycles. The van der Waals surface area contributed by atoms with Crippen LogP contribution in [-0.4, -0.2) is 31.4 Å². The van der Waals surface area contributed by atoms with Crippen molar-refractivity contribution >= 4 is 0 Å². The van der Waals surface area contributed by atoms with Crippen molar-refractivity contribution in [3.8, 4) is 17.2 Å². The van der Waals surface area contributed by atoms with E-state index in [0.717, 1.165) is 30.6 Å². The van der Waals surface area contributed by atoms with Gasteiger partial charge in [-0.05, 0) is 66.9 Å². The summed E-state index contributed by atoms with van der Waals surface area (Å²) in [7, 11) is 0.